The summed E-state index contributed by atoms with van der Waals surface area (Å²) in [5.74, 6) is -1.27. The van der Waals surface area contributed by atoms with Gasteiger partial charge in [0.2, 0.25) is 20.0 Å². The molecule has 0 heterocycles. The Labute approximate surface area is 82.6 Å². The van der Waals surface area contributed by atoms with Crippen molar-refractivity contribution in [2.24, 2.45) is 10.3 Å². The molecule has 8 nitrogen and oxygen atoms in total. The lowest BCUT2D eigenvalue weighted by Gasteiger charge is -1.94. The van der Waals surface area contributed by atoms with Gasteiger partial charge >= 0.3 is 0 Å². The molecule has 0 radical (unpaired) electrons. The van der Waals surface area contributed by atoms with E-state index in [1.807, 2.05) is 0 Å². The quantitative estimate of drug-likeness (QED) is 0.405. The monoisotopic (exact) mass is 250 g/mol. The van der Waals surface area contributed by atoms with Gasteiger partial charge in [0, 0.05) is 0 Å². The van der Waals surface area contributed by atoms with Gasteiger partial charge in [0.25, 0.3) is 0 Å². The molecule has 0 aromatic carbocycles. The normalized spacial score (nSPS) is 11.7. The van der Waals surface area contributed by atoms with E-state index in [2.05, 4.69) is 10.3 Å². The van der Waals surface area contributed by atoms with Gasteiger partial charge in [-0.15, -0.1) is 0 Å². The molecule has 0 fully saturated rings. The van der Waals surface area contributed by atoms with Gasteiger partial charge in [-0.2, -0.15) is 0 Å². The summed E-state index contributed by atoms with van der Waals surface area (Å²) in [6, 6.07) is 0. The van der Waals surface area contributed by atoms with Crippen LogP contribution in [0.3, 0.4) is 0 Å². The Kier molecular flexibility index (Phi) is 8.19. The van der Waals surface area contributed by atoms with E-state index in [0.29, 0.717) is 0 Å². The van der Waals surface area contributed by atoms with E-state index in [4.69, 9.17) is 10.2 Å². The lowest BCUT2D eigenvalue weighted by molar-refractivity contribution is 0.186. The molecule has 6 N–H and O–H groups in total. The highest BCUT2D eigenvalue weighted by atomic mass is 32.2. The fourth-order valence-corrected chi connectivity index (χ4v) is 2.09. The molecular weight excluding hydrogens is 236 g/mol. The summed E-state index contributed by atoms with van der Waals surface area (Å²) in [5, 5.41) is 24.2. The molecule has 0 aromatic rings. The first kappa shape index (κ1) is 16.2. The number of nitrogens with two attached hydrogens (primary N) is 2. The maximum atomic E-state index is 10.1. The van der Waals surface area contributed by atoms with Gasteiger partial charge in [-0.1, -0.05) is 0 Å². The van der Waals surface area contributed by atoms with Crippen molar-refractivity contribution in [3.63, 3.8) is 0 Å². The van der Waals surface area contributed by atoms with Crippen molar-refractivity contribution in [2.45, 2.75) is 0 Å². The fraction of sp³-hybridized carbons (Fsp3) is 1.00. The largest absolute Gasteiger partial charge is 0.394 e. The smallest absolute Gasteiger partial charge is 0.210 e. The standard InChI is InChI=1S/C2H8N2O4S2.C2H6O2/c3-9(5,6)1-2-10(4,7)8;3-1-2-4/h1-2H2,(H2,3,5,6)(H2,4,7,8);3-4H,1-2H2. The number of primary sulfonamides is 2. The summed E-state index contributed by atoms with van der Waals surface area (Å²) in [4.78, 5) is 0. The Balaban J connectivity index is 0. The number of rotatable bonds is 4. The van der Waals surface area contributed by atoms with E-state index >= 15 is 0 Å². The molecule has 0 aliphatic heterocycles. The highest BCUT2D eigenvalue weighted by Crippen LogP contribution is 1.81. The van der Waals surface area contributed by atoms with Crippen LogP contribution in [0.25, 0.3) is 0 Å². The van der Waals surface area contributed by atoms with E-state index in [1.54, 1.807) is 0 Å². The number of sulfonamides is 2. The zero-order valence-corrected chi connectivity index (χ0v) is 8.96. The predicted molar refractivity (Wildman–Crippen MR) is 50.1 cm³/mol. The average molecular weight is 250 g/mol. The summed E-state index contributed by atoms with van der Waals surface area (Å²) in [6.07, 6.45) is 0. The van der Waals surface area contributed by atoms with Crippen LogP contribution < -0.4 is 10.3 Å². The maximum absolute atomic E-state index is 10.1. The van der Waals surface area contributed by atoms with Crippen molar-refractivity contribution < 1.29 is 27.0 Å². The van der Waals surface area contributed by atoms with E-state index < -0.39 is 31.6 Å². The number of hydrogen-bond acceptors (Lipinski definition) is 6. The van der Waals surface area contributed by atoms with Gasteiger partial charge < -0.3 is 10.2 Å². The number of aliphatic hydroxyl groups excluding tert-OH is 2. The molecule has 0 spiro atoms. The molecule has 0 saturated heterocycles. The number of hydrogen-bond donors (Lipinski definition) is 4. The number of aliphatic hydroxyl groups is 2. The third kappa shape index (κ3) is 22.6. The maximum Gasteiger partial charge on any atom is 0.210 e. The van der Waals surface area contributed by atoms with Gasteiger partial charge in [-0.05, 0) is 0 Å². The minimum absolute atomic E-state index is 0.125. The molecular formula is C4H14N2O6S2. The van der Waals surface area contributed by atoms with Gasteiger partial charge in [0.05, 0.1) is 24.7 Å². The lowest BCUT2D eigenvalue weighted by atomic mass is 10.8. The van der Waals surface area contributed by atoms with E-state index in [-0.39, 0.29) is 13.2 Å². The summed E-state index contributed by atoms with van der Waals surface area (Å²) in [6.45, 7) is -0.250. The van der Waals surface area contributed by atoms with Crippen LogP contribution in [0.5, 0.6) is 0 Å². The molecule has 14 heavy (non-hydrogen) atoms. The van der Waals surface area contributed by atoms with E-state index in [9.17, 15) is 16.8 Å². The van der Waals surface area contributed by atoms with E-state index in [1.165, 1.54) is 0 Å². The highest BCUT2D eigenvalue weighted by Gasteiger charge is 2.08. The molecule has 88 valence electrons. The third-order valence-corrected chi connectivity index (χ3v) is 2.56. The highest BCUT2D eigenvalue weighted by molar-refractivity contribution is 7.92. The summed E-state index contributed by atoms with van der Waals surface area (Å²) in [5.41, 5.74) is 0. The first-order valence-corrected chi connectivity index (χ1v) is 6.78. The summed E-state index contributed by atoms with van der Waals surface area (Å²) in [7, 11) is -7.43. The predicted octanol–water partition coefficient (Wildman–Crippen LogP) is -3.47. The van der Waals surface area contributed by atoms with Gasteiger partial charge in [-0.25, -0.2) is 27.1 Å². The molecule has 10 heteroatoms. The van der Waals surface area contributed by atoms with Gasteiger partial charge in [0.1, 0.15) is 0 Å². The molecule has 0 aliphatic rings. The van der Waals surface area contributed by atoms with Crippen LogP contribution >= 0.6 is 0 Å². The Morgan fingerprint density at radius 3 is 1.07 bits per heavy atom. The minimum Gasteiger partial charge on any atom is -0.394 e. The first-order valence-electron chi connectivity index (χ1n) is 3.35. The van der Waals surface area contributed by atoms with Crippen LogP contribution in [-0.4, -0.2) is 51.8 Å². The molecule has 0 saturated carbocycles. The second-order valence-corrected chi connectivity index (χ2v) is 5.65. The summed E-state index contributed by atoms with van der Waals surface area (Å²) >= 11 is 0. The molecule has 0 amide bonds. The van der Waals surface area contributed by atoms with Crippen LogP contribution in [0, 0.1) is 0 Å². The first-order chi connectivity index (χ1) is 6.12. The van der Waals surface area contributed by atoms with Crippen LogP contribution in [0.1, 0.15) is 0 Å². The lowest BCUT2D eigenvalue weighted by Crippen LogP contribution is -2.26. The molecule has 0 bridgehead atoms. The van der Waals surface area contributed by atoms with Crippen LogP contribution in [0.4, 0.5) is 0 Å². The zero-order valence-electron chi connectivity index (χ0n) is 7.33. The SMILES string of the molecule is NS(=O)(=O)CCS(N)(=O)=O.OCCO. The van der Waals surface area contributed by atoms with Gasteiger partial charge in [0.15, 0.2) is 0 Å². The topological polar surface area (TPSA) is 161 Å². The summed E-state index contributed by atoms with van der Waals surface area (Å²) < 4.78 is 40.5. The molecule has 0 aromatic heterocycles. The molecule has 0 unspecified atom stereocenters. The minimum atomic E-state index is -3.72. The second-order valence-electron chi connectivity index (χ2n) is 2.18. The fourth-order valence-electron chi connectivity index (χ4n) is 0.232. The second kappa shape index (κ2) is 7.09. The molecule has 0 atom stereocenters. The van der Waals surface area contributed by atoms with Crippen molar-refractivity contribution in [1.82, 2.24) is 0 Å². The Morgan fingerprint density at radius 1 is 0.786 bits per heavy atom. The molecule has 0 rings (SSSR count). The zero-order chi connectivity index (χ0) is 11.8. The van der Waals surface area contributed by atoms with Gasteiger partial charge in [-0.3, -0.25) is 0 Å². The molecule has 0 aliphatic carbocycles. The van der Waals surface area contributed by atoms with Crippen molar-refractivity contribution in [1.29, 1.82) is 0 Å². The Morgan fingerprint density at radius 2 is 1.00 bits per heavy atom. The van der Waals surface area contributed by atoms with Crippen LogP contribution in [0.15, 0.2) is 0 Å². The van der Waals surface area contributed by atoms with Crippen LogP contribution in [-0.2, 0) is 20.0 Å². The van der Waals surface area contributed by atoms with E-state index in [0.717, 1.165) is 0 Å². The Bertz CT molecular complexity index is 286. The Hall–Kier alpha value is -0.260. The van der Waals surface area contributed by atoms with Crippen molar-refractivity contribution in [3.05, 3.63) is 0 Å². The van der Waals surface area contributed by atoms with Crippen molar-refractivity contribution >= 4 is 20.0 Å². The van der Waals surface area contributed by atoms with Crippen molar-refractivity contribution in [3.8, 4) is 0 Å². The van der Waals surface area contributed by atoms with Crippen LogP contribution in [0.2, 0.25) is 0 Å². The third-order valence-electron chi connectivity index (χ3n) is 0.752. The average Bonchev–Trinajstić information content (AvgIpc) is 1.99. The van der Waals surface area contributed by atoms with Crippen molar-refractivity contribution in [2.75, 3.05) is 24.7 Å².